The normalized spacial score (nSPS) is 17.2. The fraction of sp³-hybridized carbons (Fsp3) is 0.727. The summed E-state index contributed by atoms with van der Waals surface area (Å²) in [7, 11) is 1.42. The molecule has 26 heavy (non-hydrogen) atoms. The Morgan fingerprint density at radius 2 is 1.92 bits per heavy atom. The van der Waals surface area contributed by atoms with E-state index in [9.17, 15) is 14.7 Å². The van der Waals surface area contributed by atoms with Crippen LogP contribution in [0.5, 0.6) is 0 Å². The summed E-state index contributed by atoms with van der Waals surface area (Å²) in [6.07, 6.45) is 14.2. The van der Waals surface area contributed by atoms with Crippen LogP contribution in [0, 0.1) is 0 Å². The first-order valence-electron chi connectivity index (χ1n) is 10.1. The molecule has 0 spiro atoms. The van der Waals surface area contributed by atoms with E-state index < -0.39 is 5.60 Å². The number of ether oxygens (including phenoxy) is 1. The van der Waals surface area contributed by atoms with Crippen LogP contribution in [0.15, 0.2) is 23.3 Å². The molecular weight excluding hydrogens is 328 g/mol. The number of rotatable bonds is 13. The van der Waals surface area contributed by atoms with Crippen LogP contribution in [-0.2, 0) is 14.3 Å². The SMILES string of the molecule is CCCCC(C)(O)C/C=C/C1=C(CCCCCCC(=O)OC)C(=O)CC1. The Morgan fingerprint density at radius 1 is 1.19 bits per heavy atom. The number of allylic oxidation sites excluding steroid dienone is 3. The number of ketones is 1. The maximum atomic E-state index is 12.1. The molecule has 1 aliphatic carbocycles. The van der Waals surface area contributed by atoms with Gasteiger partial charge in [0.25, 0.3) is 0 Å². The van der Waals surface area contributed by atoms with E-state index in [1.807, 2.05) is 13.0 Å². The van der Waals surface area contributed by atoms with Gasteiger partial charge in [0.2, 0.25) is 0 Å². The number of aliphatic hydroxyl groups is 1. The Bertz CT molecular complexity index is 514. The maximum absolute atomic E-state index is 12.1. The number of carbonyl (C=O) groups is 2. The zero-order chi connectivity index (χ0) is 19.4. The molecule has 0 saturated heterocycles. The molecule has 0 aromatic rings. The summed E-state index contributed by atoms with van der Waals surface area (Å²) in [5.41, 5.74) is 1.47. The summed E-state index contributed by atoms with van der Waals surface area (Å²) in [4.78, 5) is 23.2. The van der Waals surface area contributed by atoms with Crippen LogP contribution in [0.3, 0.4) is 0 Å². The molecule has 0 saturated carbocycles. The van der Waals surface area contributed by atoms with E-state index in [1.54, 1.807) is 0 Å². The van der Waals surface area contributed by atoms with Crippen molar-refractivity contribution in [1.82, 2.24) is 0 Å². The van der Waals surface area contributed by atoms with E-state index in [1.165, 1.54) is 7.11 Å². The van der Waals surface area contributed by atoms with Crippen molar-refractivity contribution < 1.29 is 19.4 Å². The molecule has 0 amide bonds. The fourth-order valence-electron chi connectivity index (χ4n) is 3.35. The largest absolute Gasteiger partial charge is 0.469 e. The van der Waals surface area contributed by atoms with Gasteiger partial charge in [0, 0.05) is 12.8 Å². The van der Waals surface area contributed by atoms with E-state index in [4.69, 9.17) is 0 Å². The predicted octanol–water partition coefficient (Wildman–Crippen LogP) is 5.05. The van der Waals surface area contributed by atoms with Crippen molar-refractivity contribution in [2.24, 2.45) is 0 Å². The monoisotopic (exact) mass is 364 g/mol. The number of unbranched alkanes of at least 4 members (excludes halogenated alkanes) is 4. The van der Waals surface area contributed by atoms with Crippen LogP contribution < -0.4 is 0 Å². The molecule has 0 heterocycles. The molecule has 0 aromatic heterocycles. The van der Waals surface area contributed by atoms with Gasteiger partial charge in [-0.2, -0.15) is 0 Å². The summed E-state index contributed by atoms with van der Waals surface area (Å²) in [6, 6.07) is 0. The van der Waals surface area contributed by atoms with E-state index in [0.717, 1.165) is 68.9 Å². The summed E-state index contributed by atoms with van der Waals surface area (Å²) in [6.45, 7) is 4.01. The van der Waals surface area contributed by atoms with Crippen molar-refractivity contribution in [2.75, 3.05) is 7.11 Å². The number of carbonyl (C=O) groups excluding carboxylic acids is 2. The molecule has 4 nitrogen and oxygen atoms in total. The van der Waals surface area contributed by atoms with Gasteiger partial charge in [-0.3, -0.25) is 9.59 Å². The summed E-state index contributed by atoms with van der Waals surface area (Å²) < 4.78 is 4.63. The fourth-order valence-corrected chi connectivity index (χ4v) is 3.35. The van der Waals surface area contributed by atoms with Gasteiger partial charge in [0.05, 0.1) is 12.7 Å². The van der Waals surface area contributed by atoms with Crippen LogP contribution in [-0.4, -0.2) is 29.6 Å². The number of hydrogen-bond donors (Lipinski definition) is 1. The van der Waals surface area contributed by atoms with E-state index in [-0.39, 0.29) is 11.8 Å². The third-order valence-corrected chi connectivity index (χ3v) is 5.08. The number of Topliss-reactive ketones (excluding diaryl/α,β-unsaturated/α-hetero) is 1. The van der Waals surface area contributed by atoms with Gasteiger partial charge in [-0.25, -0.2) is 0 Å². The van der Waals surface area contributed by atoms with Gasteiger partial charge in [-0.05, 0) is 56.6 Å². The second-order valence-electron chi connectivity index (χ2n) is 7.62. The lowest BCUT2D eigenvalue weighted by Crippen LogP contribution is -2.22. The average molecular weight is 365 g/mol. The van der Waals surface area contributed by atoms with Crippen molar-refractivity contribution >= 4 is 11.8 Å². The van der Waals surface area contributed by atoms with E-state index in [2.05, 4.69) is 17.7 Å². The van der Waals surface area contributed by atoms with E-state index >= 15 is 0 Å². The highest BCUT2D eigenvalue weighted by Gasteiger charge is 2.21. The van der Waals surface area contributed by atoms with Crippen LogP contribution in [0.4, 0.5) is 0 Å². The molecule has 1 N–H and O–H groups in total. The third-order valence-electron chi connectivity index (χ3n) is 5.08. The zero-order valence-corrected chi connectivity index (χ0v) is 16.8. The first kappa shape index (κ1) is 22.6. The highest BCUT2D eigenvalue weighted by Crippen LogP contribution is 2.29. The third kappa shape index (κ3) is 8.79. The quantitative estimate of drug-likeness (QED) is 0.367. The van der Waals surface area contributed by atoms with Gasteiger partial charge in [0.15, 0.2) is 5.78 Å². The second-order valence-corrected chi connectivity index (χ2v) is 7.62. The molecule has 0 bridgehead atoms. The average Bonchev–Trinajstić information content (AvgIpc) is 2.96. The molecule has 1 unspecified atom stereocenters. The maximum Gasteiger partial charge on any atom is 0.305 e. The van der Waals surface area contributed by atoms with Crippen LogP contribution in [0.2, 0.25) is 0 Å². The Labute approximate surface area is 158 Å². The molecule has 0 radical (unpaired) electrons. The van der Waals surface area contributed by atoms with Gasteiger partial charge >= 0.3 is 5.97 Å². The molecule has 4 heteroatoms. The molecule has 1 aliphatic rings. The van der Waals surface area contributed by atoms with Gasteiger partial charge in [-0.1, -0.05) is 44.8 Å². The lowest BCUT2D eigenvalue weighted by molar-refractivity contribution is -0.140. The van der Waals surface area contributed by atoms with Crippen molar-refractivity contribution in [3.63, 3.8) is 0 Å². The highest BCUT2D eigenvalue weighted by molar-refractivity contribution is 5.99. The number of methoxy groups -OCH3 is 1. The molecule has 1 rings (SSSR count). The van der Waals surface area contributed by atoms with Crippen molar-refractivity contribution in [2.45, 2.75) is 96.5 Å². The lowest BCUT2D eigenvalue weighted by atomic mass is 9.94. The first-order valence-corrected chi connectivity index (χ1v) is 10.1. The summed E-state index contributed by atoms with van der Waals surface area (Å²) in [5, 5.41) is 10.4. The molecular formula is C22H36O4. The second kappa shape index (κ2) is 12.1. The molecule has 0 aromatic carbocycles. The Kier molecular flexibility index (Phi) is 10.5. The van der Waals surface area contributed by atoms with Crippen molar-refractivity contribution in [3.8, 4) is 0 Å². The standard InChI is InChI=1S/C22H36O4/c1-4-5-16-22(2,25)17-10-11-18-14-15-20(23)19(18)12-8-6-7-9-13-21(24)26-3/h10-11,25H,4-9,12-17H2,1-3H3/b11-10+. The van der Waals surface area contributed by atoms with Crippen molar-refractivity contribution in [3.05, 3.63) is 23.3 Å². The zero-order valence-electron chi connectivity index (χ0n) is 16.8. The van der Waals surface area contributed by atoms with Gasteiger partial charge in [-0.15, -0.1) is 0 Å². The smallest absolute Gasteiger partial charge is 0.305 e. The predicted molar refractivity (Wildman–Crippen MR) is 105 cm³/mol. The highest BCUT2D eigenvalue weighted by atomic mass is 16.5. The number of esters is 1. The molecule has 0 fully saturated rings. The number of hydrogen-bond acceptors (Lipinski definition) is 4. The van der Waals surface area contributed by atoms with Crippen LogP contribution >= 0.6 is 0 Å². The van der Waals surface area contributed by atoms with Gasteiger partial charge in [0.1, 0.15) is 0 Å². The van der Waals surface area contributed by atoms with Crippen molar-refractivity contribution in [1.29, 1.82) is 0 Å². The van der Waals surface area contributed by atoms with Crippen LogP contribution in [0.1, 0.15) is 90.9 Å². The Morgan fingerprint density at radius 3 is 2.62 bits per heavy atom. The first-order chi connectivity index (χ1) is 12.4. The molecule has 1 atom stereocenters. The molecule has 148 valence electrons. The minimum atomic E-state index is -0.657. The summed E-state index contributed by atoms with van der Waals surface area (Å²) in [5.74, 6) is 0.123. The Hall–Kier alpha value is -1.42. The summed E-state index contributed by atoms with van der Waals surface area (Å²) >= 11 is 0. The molecule has 0 aliphatic heterocycles. The van der Waals surface area contributed by atoms with E-state index in [0.29, 0.717) is 19.3 Å². The van der Waals surface area contributed by atoms with Crippen LogP contribution in [0.25, 0.3) is 0 Å². The lowest BCUT2D eigenvalue weighted by Gasteiger charge is -2.21. The van der Waals surface area contributed by atoms with Gasteiger partial charge < -0.3 is 9.84 Å². The minimum absolute atomic E-state index is 0.152. The topological polar surface area (TPSA) is 63.6 Å². The minimum Gasteiger partial charge on any atom is -0.469 e. The Balaban J connectivity index is 2.42.